The molecule has 0 atom stereocenters. The summed E-state index contributed by atoms with van der Waals surface area (Å²) in [4.78, 5) is 11.9. The summed E-state index contributed by atoms with van der Waals surface area (Å²) in [5.41, 5.74) is -0.0455. The maximum atomic E-state index is 11.9. The molecule has 2 rings (SSSR count). The van der Waals surface area contributed by atoms with Gasteiger partial charge in [0.2, 0.25) is 11.2 Å². The molecule has 1 aromatic heterocycles. The lowest BCUT2D eigenvalue weighted by atomic mass is 10.2. The SMILES string of the molecule is COc1cc2occ(I)c(=O)c2c(O)c1OC. The summed E-state index contributed by atoms with van der Waals surface area (Å²) in [6.45, 7) is 0. The number of fused-ring (bicyclic) bond motifs is 1. The van der Waals surface area contributed by atoms with Gasteiger partial charge >= 0.3 is 0 Å². The number of phenolic OH excluding ortho intramolecular Hbond substituents is 1. The van der Waals surface area contributed by atoms with E-state index in [9.17, 15) is 9.90 Å². The van der Waals surface area contributed by atoms with Crippen molar-refractivity contribution in [2.24, 2.45) is 0 Å². The molecule has 0 saturated carbocycles. The van der Waals surface area contributed by atoms with Crippen molar-refractivity contribution in [3.8, 4) is 17.2 Å². The highest BCUT2D eigenvalue weighted by Gasteiger charge is 2.18. The van der Waals surface area contributed by atoms with Gasteiger partial charge in [-0.3, -0.25) is 4.79 Å². The summed E-state index contributed by atoms with van der Waals surface area (Å²) < 4.78 is 15.7. The molecule has 0 aliphatic carbocycles. The maximum Gasteiger partial charge on any atom is 0.209 e. The number of rotatable bonds is 2. The largest absolute Gasteiger partial charge is 0.504 e. The van der Waals surface area contributed by atoms with Crippen molar-refractivity contribution in [3.05, 3.63) is 26.1 Å². The first-order chi connectivity index (χ1) is 8.10. The average Bonchev–Trinajstić information content (AvgIpc) is 2.33. The summed E-state index contributed by atoms with van der Waals surface area (Å²) in [6.07, 6.45) is 1.33. The van der Waals surface area contributed by atoms with E-state index in [1.807, 2.05) is 22.6 Å². The predicted molar refractivity (Wildman–Crippen MR) is 70.0 cm³/mol. The normalized spacial score (nSPS) is 10.5. The predicted octanol–water partition coefficient (Wildman–Crippen LogP) is 2.12. The molecule has 17 heavy (non-hydrogen) atoms. The highest BCUT2D eigenvalue weighted by molar-refractivity contribution is 14.1. The van der Waals surface area contributed by atoms with E-state index in [2.05, 4.69) is 0 Å². The first-order valence-corrected chi connectivity index (χ1v) is 5.73. The van der Waals surface area contributed by atoms with Crippen LogP contribution in [0.25, 0.3) is 11.0 Å². The number of methoxy groups -OCH3 is 2. The highest BCUT2D eigenvalue weighted by Crippen LogP contribution is 2.41. The number of hydrogen-bond acceptors (Lipinski definition) is 5. The Morgan fingerprint density at radius 1 is 1.35 bits per heavy atom. The van der Waals surface area contributed by atoms with E-state index in [-0.39, 0.29) is 27.9 Å². The van der Waals surface area contributed by atoms with Gasteiger partial charge in [-0.1, -0.05) is 0 Å². The maximum absolute atomic E-state index is 11.9. The fourth-order valence-corrected chi connectivity index (χ4v) is 1.95. The molecule has 90 valence electrons. The minimum atomic E-state index is -0.301. The molecule has 0 amide bonds. The number of aromatic hydroxyl groups is 1. The highest BCUT2D eigenvalue weighted by atomic mass is 127. The van der Waals surface area contributed by atoms with Crippen LogP contribution in [-0.4, -0.2) is 19.3 Å². The van der Waals surface area contributed by atoms with Crippen LogP contribution in [0.1, 0.15) is 0 Å². The zero-order chi connectivity index (χ0) is 12.6. The smallest absolute Gasteiger partial charge is 0.209 e. The topological polar surface area (TPSA) is 68.9 Å². The molecule has 1 aromatic carbocycles. The zero-order valence-electron chi connectivity index (χ0n) is 9.11. The van der Waals surface area contributed by atoms with Gasteiger partial charge in [0.15, 0.2) is 11.5 Å². The molecule has 0 bridgehead atoms. The molecule has 0 spiro atoms. The third kappa shape index (κ3) is 1.82. The van der Waals surface area contributed by atoms with E-state index >= 15 is 0 Å². The molecule has 0 unspecified atom stereocenters. The minimum absolute atomic E-state index is 0.0922. The van der Waals surface area contributed by atoms with Crippen LogP contribution in [0, 0.1) is 3.57 Å². The van der Waals surface area contributed by atoms with Gasteiger partial charge in [0.1, 0.15) is 17.2 Å². The van der Waals surface area contributed by atoms with E-state index in [0.29, 0.717) is 9.32 Å². The van der Waals surface area contributed by atoms with Crippen molar-refractivity contribution in [1.29, 1.82) is 0 Å². The zero-order valence-corrected chi connectivity index (χ0v) is 11.3. The molecule has 2 aromatic rings. The molecule has 5 nitrogen and oxygen atoms in total. The molecular weight excluding hydrogens is 339 g/mol. The van der Waals surface area contributed by atoms with Crippen LogP contribution in [0.5, 0.6) is 17.2 Å². The van der Waals surface area contributed by atoms with Crippen LogP contribution < -0.4 is 14.9 Å². The van der Waals surface area contributed by atoms with Crippen molar-refractivity contribution < 1.29 is 19.0 Å². The Bertz CT molecular complexity index is 632. The summed E-state index contributed by atoms with van der Waals surface area (Å²) in [6, 6.07) is 1.51. The van der Waals surface area contributed by atoms with Gasteiger partial charge in [0.25, 0.3) is 0 Å². The number of ether oxygens (including phenoxy) is 2. The lowest BCUT2D eigenvalue weighted by Crippen LogP contribution is -2.06. The molecule has 0 radical (unpaired) electrons. The van der Waals surface area contributed by atoms with Crippen LogP contribution >= 0.6 is 22.6 Å². The molecular formula is C11H9IO5. The van der Waals surface area contributed by atoms with Crippen molar-refractivity contribution >= 4 is 33.6 Å². The van der Waals surface area contributed by atoms with E-state index in [1.54, 1.807) is 0 Å². The van der Waals surface area contributed by atoms with Gasteiger partial charge in [-0.15, -0.1) is 0 Å². The molecule has 0 aliphatic rings. The monoisotopic (exact) mass is 348 g/mol. The third-order valence-corrected chi connectivity index (χ3v) is 3.09. The van der Waals surface area contributed by atoms with Gasteiger partial charge in [-0.2, -0.15) is 0 Å². The Hall–Kier alpha value is -1.44. The Morgan fingerprint density at radius 3 is 2.65 bits per heavy atom. The van der Waals surface area contributed by atoms with Crippen molar-refractivity contribution in [2.45, 2.75) is 0 Å². The van der Waals surface area contributed by atoms with Gasteiger partial charge in [0, 0.05) is 6.07 Å². The standard InChI is InChI=1S/C11H9IO5/c1-15-7-3-6-8(10(14)11(7)16-2)9(13)5(12)4-17-6/h3-4,14H,1-2H3. The fraction of sp³-hybridized carbons (Fsp3) is 0.182. The Kier molecular flexibility index (Phi) is 3.14. The summed E-state index contributed by atoms with van der Waals surface area (Å²) in [5.74, 6) is 0.158. The van der Waals surface area contributed by atoms with Crippen LogP contribution in [0.2, 0.25) is 0 Å². The van der Waals surface area contributed by atoms with Crippen LogP contribution in [-0.2, 0) is 0 Å². The van der Waals surface area contributed by atoms with Gasteiger partial charge in [-0.05, 0) is 22.6 Å². The lowest BCUT2D eigenvalue weighted by molar-refractivity contribution is 0.334. The van der Waals surface area contributed by atoms with Gasteiger partial charge in [0.05, 0.1) is 17.8 Å². The molecule has 0 fully saturated rings. The second-order valence-electron chi connectivity index (χ2n) is 3.25. The average molecular weight is 348 g/mol. The fourth-order valence-electron chi connectivity index (χ4n) is 1.55. The van der Waals surface area contributed by atoms with Crippen LogP contribution in [0.4, 0.5) is 0 Å². The first-order valence-electron chi connectivity index (χ1n) is 4.65. The Morgan fingerprint density at radius 2 is 2.06 bits per heavy atom. The summed E-state index contributed by atoms with van der Waals surface area (Å²) in [5, 5.41) is 10.1. The van der Waals surface area contributed by atoms with Crippen LogP contribution in [0.3, 0.4) is 0 Å². The van der Waals surface area contributed by atoms with Gasteiger partial charge < -0.3 is 19.0 Å². The van der Waals surface area contributed by atoms with E-state index < -0.39 is 0 Å². The number of phenols is 1. The second kappa shape index (κ2) is 4.44. The van der Waals surface area contributed by atoms with Crippen molar-refractivity contribution in [2.75, 3.05) is 14.2 Å². The Balaban J connectivity index is 2.97. The second-order valence-corrected chi connectivity index (χ2v) is 4.41. The first kappa shape index (κ1) is 12.0. The molecule has 1 N–H and O–H groups in total. The molecule has 0 saturated heterocycles. The van der Waals surface area contributed by atoms with E-state index in [0.717, 1.165) is 0 Å². The summed E-state index contributed by atoms with van der Waals surface area (Å²) >= 11 is 1.84. The molecule has 6 heteroatoms. The Labute approximate surface area is 110 Å². The molecule has 1 heterocycles. The van der Waals surface area contributed by atoms with Crippen LogP contribution in [0.15, 0.2) is 21.5 Å². The molecule has 0 aliphatic heterocycles. The third-order valence-electron chi connectivity index (χ3n) is 2.34. The van der Waals surface area contributed by atoms with E-state index in [1.165, 1.54) is 26.5 Å². The summed E-state index contributed by atoms with van der Waals surface area (Å²) in [7, 11) is 2.83. The van der Waals surface area contributed by atoms with E-state index in [4.69, 9.17) is 13.9 Å². The number of benzene rings is 1. The van der Waals surface area contributed by atoms with Crippen molar-refractivity contribution in [3.63, 3.8) is 0 Å². The number of hydrogen-bond donors (Lipinski definition) is 1. The van der Waals surface area contributed by atoms with Gasteiger partial charge in [-0.25, -0.2) is 0 Å². The van der Waals surface area contributed by atoms with Crippen molar-refractivity contribution in [1.82, 2.24) is 0 Å². The minimum Gasteiger partial charge on any atom is -0.504 e. The number of halogens is 1. The quantitative estimate of drug-likeness (QED) is 0.842. The lowest BCUT2D eigenvalue weighted by Gasteiger charge is -2.10.